The minimum Gasteiger partial charge on any atom is -0.458 e. The molecule has 3 fully saturated rings. The van der Waals surface area contributed by atoms with E-state index in [4.69, 9.17) is 4.74 Å². The van der Waals surface area contributed by atoms with Crippen molar-refractivity contribution in [1.29, 1.82) is 0 Å². The predicted molar refractivity (Wildman–Crippen MR) is 122 cm³/mol. The van der Waals surface area contributed by atoms with Gasteiger partial charge < -0.3 is 4.74 Å². The molecule has 0 heterocycles. The van der Waals surface area contributed by atoms with E-state index in [1.807, 2.05) is 30.3 Å². The van der Waals surface area contributed by atoms with E-state index >= 15 is 0 Å². The lowest BCUT2D eigenvalue weighted by Gasteiger charge is -2.41. The summed E-state index contributed by atoms with van der Waals surface area (Å²) in [4.78, 5) is 13.3. The van der Waals surface area contributed by atoms with Crippen molar-refractivity contribution in [3.05, 3.63) is 96.1 Å². The molecule has 0 aliphatic heterocycles. The third-order valence-corrected chi connectivity index (χ3v) is 8.77. The number of rotatable bonds is 3. The molecule has 3 aromatic carbocycles. The van der Waals surface area contributed by atoms with Crippen LogP contribution in [0.4, 0.5) is 0 Å². The van der Waals surface area contributed by atoms with Crippen molar-refractivity contribution < 1.29 is 9.53 Å². The number of hydrogen-bond donors (Lipinski definition) is 0. The van der Waals surface area contributed by atoms with Gasteiger partial charge in [0.2, 0.25) is 0 Å². The Morgan fingerprint density at radius 1 is 0.742 bits per heavy atom. The van der Waals surface area contributed by atoms with Gasteiger partial charge in [0.25, 0.3) is 0 Å². The summed E-state index contributed by atoms with van der Waals surface area (Å²) >= 11 is 0. The van der Waals surface area contributed by atoms with E-state index in [0.717, 1.165) is 22.6 Å². The molecule has 0 N–H and O–H groups in total. The first-order chi connectivity index (χ1) is 15.3. The van der Waals surface area contributed by atoms with E-state index in [1.54, 1.807) is 0 Å². The van der Waals surface area contributed by atoms with Crippen LogP contribution in [0, 0.1) is 35.5 Å². The minimum atomic E-state index is -0.167. The number of carbonyl (C=O) groups excluding carboxylic acids is 1. The van der Waals surface area contributed by atoms with E-state index in [9.17, 15) is 4.79 Å². The van der Waals surface area contributed by atoms with Crippen LogP contribution in [0.2, 0.25) is 0 Å². The van der Waals surface area contributed by atoms with E-state index in [2.05, 4.69) is 54.6 Å². The van der Waals surface area contributed by atoms with Crippen molar-refractivity contribution in [2.24, 2.45) is 35.5 Å². The van der Waals surface area contributed by atoms with Gasteiger partial charge in [-0.15, -0.1) is 0 Å². The number of esters is 1. The molecule has 0 spiro atoms. The van der Waals surface area contributed by atoms with E-state index in [0.29, 0.717) is 35.2 Å². The first-order valence-corrected chi connectivity index (χ1v) is 11.7. The Morgan fingerprint density at radius 2 is 1.45 bits per heavy atom. The molecular formula is C29H26O2. The van der Waals surface area contributed by atoms with Gasteiger partial charge in [0.15, 0.2) is 0 Å². The molecule has 2 heteroatoms. The normalized spacial score (nSPS) is 36.8. The van der Waals surface area contributed by atoms with Crippen molar-refractivity contribution in [3.63, 3.8) is 0 Å². The van der Waals surface area contributed by atoms with E-state index < -0.39 is 0 Å². The first kappa shape index (κ1) is 17.8. The van der Waals surface area contributed by atoms with Crippen molar-refractivity contribution >= 4 is 16.7 Å². The van der Waals surface area contributed by atoms with Gasteiger partial charge in [-0.2, -0.15) is 0 Å². The van der Waals surface area contributed by atoms with E-state index in [1.165, 1.54) is 18.4 Å². The van der Waals surface area contributed by atoms with Crippen LogP contribution in [0.5, 0.6) is 0 Å². The van der Waals surface area contributed by atoms with Gasteiger partial charge in [-0.25, -0.2) is 4.79 Å². The lowest BCUT2D eigenvalue weighted by Crippen LogP contribution is -2.41. The fourth-order valence-corrected chi connectivity index (χ4v) is 7.76. The van der Waals surface area contributed by atoms with Crippen molar-refractivity contribution in [2.75, 3.05) is 0 Å². The predicted octanol–water partition coefficient (Wildman–Crippen LogP) is 6.24. The number of allylic oxidation sites excluding steroid dienone is 2. The highest BCUT2D eigenvalue weighted by Crippen LogP contribution is 2.69. The summed E-state index contributed by atoms with van der Waals surface area (Å²) in [5.74, 6) is 4.20. The Morgan fingerprint density at radius 3 is 2.26 bits per heavy atom. The maximum absolute atomic E-state index is 13.3. The van der Waals surface area contributed by atoms with Crippen LogP contribution in [0.1, 0.15) is 34.7 Å². The highest BCUT2D eigenvalue weighted by Gasteiger charge is 2.65. The number of ether oxygens (including phenoxy) is 1. The Labute approximate surface area is 182 Å². The van der Waals surface area contributed by atoms with Gasteiger partial charge in [-0.3, -0.25) is 0 Å². The third-order valence-electron chi connectivity index (χ3n) is 8.77. The van der Waals surface area contributed by atoms with Crippen LogP contribution >= 0.6 is 0 Å². The van der Waals surface area contributed by atoms with Crippen LogP contribution in [0.15, 0.2) is 84.9 Å². The standard InChI is InChI=1S/C29H26O2/c30-29(22-13-10-17-6-4-5-9-19(17)14-22)31-28-24-16-23(27(28)18-7-2-1-3-8-18)25-20-11-12-21(15-20)26(24)25/h1-14,20-21,23-28H,15-16H2. The molecule has 0 amide bonds. The van der Waals surface area contributed by atoms with Gasteiger partial charge in [-0.05, 0) is 70.9 Å². The van der Waals surface area contributed by atoms with Crippen LogP contribution in [0.3, 0.4) is 0 Å². The zero-order valence-corrected chi connectivity index (χ0v) is 17.4. The second-order valence-corrected chi connectivity index (χ2v) is 10.0. The SMILES string of the molecule is O=C(OC1C2CC(C1c1ccccc1)C1C3C=CC(C3)C21)c1ccc2ccccc2c1. The topological polar surface area (TPSA) is 26.3 Å². The average Bonchev–Trinajstić information content (AvgIpc) is 3.59. The molecule has 0 saturated heterocycles. The summed E-state index contributed by atoms with van der Waals surface area (Å²) in [6.07, 6.45) is 7.44. The molecule has 8 unspecified atom stereocenters. The van der Waals surface area contributed by atoms with Gasteiger partial charge >= 0.3 is 5.97 Å². The fraction of sp³-hybridized carbons (Fsp3) is 0.345. The first-order valence-electron chi connectivity index (χ1n) is 11.7. The number of benzene rings is 3. The molecule has 3 aromatic rings. The average molecular weight is 407 g/mol. The quantitative estimate of drug-likeness (QED) is 0.292. The lowest BCUT2D eigenvalue weighted by atomic mass is 9.66. The zero-order chi connectivity index (χ0) is 20.5. The number of fused-ring (bicyclic) bond motifs is 10. The summed E-state index contributed by atoms with van der Waals surface area (Å²) in [6.45, 7) is 0. The second kappa shape index (κ2) is 6.56. The van der Waals surface area contributed by atoms with Gasteiger partial charge in [0.1, 0.15) is 6.10 Å². The molecule has 2 nitrogen and oxygen atoms in total. The molecule has 4 aliphatic rings. The Balaban J connectivity index is 1.24. The van der Waals surface area contributed by atoms with Gasteiger partial charge in [-0.1, -0.05) is 72.8 Å². The highest BCUT2D eigenvalue weighted by atomic mass is 16.5. The summed E-state index contributed by atoms with van der Waals surface area (Å²) in [7, 11) is 0. The van der Waals surface area contributed by atoms with Gasteiger partial charge in [0.05, 0.1) is 5.56 Å². The number of carbonyl (C=O) groups is 1. The number of hydrogen-bond acceptors (Lipinski definition) is 2. The van der Waals surface area contributed by atoms with Crippen molar-refractivity contribution in [2.45, 2.75) is 24.9 Å². The smallest absolute Gasteiger partial charge is 0.338 e. The van der Waals surface area contributed by atoms with Crippen LogP contribution < -0.4 is 0 Å². The Kier molecular flexibility index (Phi) is 3.76. The summed E-state index contributed by atoms with van der Waals surface area (Å²) in [6, 6.07) is 24.9. The molecule has 8 atom stereocenters. The van der Waals surface area contributed by atoms with Gasteiger partial charge in [0, 0.05) is 11.8 Å². The molecule has 0 radical (unpaired) electrons. The zero-order valence-electron chi connectivity index (χ0n) is 17.4. The Hall–Kier alpha value is -2.87. The van der Waals surface area contributed by atoms with Crippen LogP contribution in [-0.2, 0) is 4.74 Å². The summed E-state index contributed by atoms with van der Waals surface area (Å²) in [5, 5.41) is 2.24. The molecule has 4 bridgehead atoms. The molecule has 0 aromatic heterocycles. The molecule has 154 valence electrons. The maximum atomic E-state index is 13.3. The third kappa shape index (κ3) is 2.54. The molecule has 4 aliphatic carbocycles. The molecule has 3 saturated carbocycles. The second-order valence-electron chi connectivity index (χ2n) is 10.0. The highest BCUT2D eigenvalue weighted by molar-refractivity contribution is 5.95. The van der Waals surface area contributed by atoms with Crippen molar-refractivity contribution in [1.82, 2.24) is 0 Å². The summed E-state index contributed by atoms with van der Waals surface area (Å²) in [5.41, 5.74) is 2.01. The Bertz CT molecular complexity index is 1200. The maximum Gasteiger partial charge on any atom is 0.338 e. The molecule has 7 rings (SSSR count). The lowest BCUT2D eigenvalue weighted by molar-refractivity contribution is -0.0143. The van der Waals surface area contributed by atoms with Crippen LogP contribution in [-0.4, -0.2) is 12.1 Å². The van der Waals surface area contributed by atoms with E-state index in [-0.39, 0.29) is 12.1 Å². The monoisotopic (exact) mass is 406 g/mol. The fourth-order valence-electron chi connectivity index (χ4n) is 7.76. The molecular weight excluding hydrogens is 380 g/mol. The molecule has 31 heavy (non-hydrogen) atoms. The van der Waals surface area contributed by atoms with Crippen LogP contribution in [0.25, 0.3) is 10.8 Å². The summed E-state index contributed by atoms with van der Waals surface area (Å²) < 4.78 is 6.40. The minimum absolute atomic E-state index is 0.0135. The largest absolute Gasteiger partial charge is 0.458 e. The van der Waals surface area contributed by atoms with Crippen molar-refractivity contribution in [3.8, 4) is 0 Å².